The minimum atomic E-state index is -1.10. The van der Waals surface area contributed by atoms with E-state index < -0.39 is 41.1 Å². The molecule has 0 unspecified atom stereocenters. The van der Waals surface area contributed by atoms with E-state index in [1.54, 1.807) is 12.1 Å². The van der Waals surface area contributed by atoms with Crippen LogP contribution in [0.1, 0.15) is 55.5 Å². The van der Waals surface area contributed by atoms with Crippen LogP contribution in [0.3, 0.4) is 0 Å². The predicted molar refractivity (Wildman–Crippen MR) is 185 cm³/mol. The molecule has 0 heterocycles. The quantitative estimate of drug-likeness (QED) is 0.166. The SMILES string of the molecule is CN[C@](CCN(Cc1ccc(Br)cc1)NC(=O)[C@@H](NC(=O)OC)C(C)(C)C)(Cc1ccccc1)C(=O)N[C@H]1c2ccccc2C[C@H]1O. The van der Waals surface area contributed by atoms with Gasteiger partial charge in [-0.3, -0.25) is 15.0 Å². The van der Waals surface area contributed by atoms with Gasteiger partial charge >= 0.3 is 6.09 Å². The Morgan fingerprint density at radius 3 is 2.28 bits per heavy atom. The van der Waals surface area contributed by atoms with E-state index in [1.807, 2.05) is 99.6 Å². The zero-order valence-electron chi connectivity index (χ0n) is 27.7. The minimum Gasteiger partial charge on any atom is -0.453 e. The molecule has 4 atom stereocenters. The number of nitrogens with zero attached hydrogens (tertiary/aromatic N) is 1. The number of methoxy groups -OCH3 is 1. The molecule has 3 aromatic rings. The molecule has 0 spiro atoms. The van der Waals surface area contributed by atoms with Crippen molar-refractivity contribution in [1.29, 1.82) is 0 Å². The van der Waals surface area contributed by atoms with E-state index in [0.717, 1.165) is 26.7 Å². The second-order valence-electron chi connectivity index (χ2n) is 13.1. The molecule has 0 bridgehead atoms. The van der Waals surface area contributed by atoms with Gasteiger partial charge in [0.15, 0.2) is 0 Å². The Bertz CT molecular complexity index is 1510. The summed E-state index contributed by atoms with van der Waals surface area (Å²) in [5.74, 6) is -0.660. The highest BCUT2D eigenvalue weighted by Gasteiger charge is 2.42. The summed E-state index contributed by atoms with van der Waals surface area (Å²) in [6.07, 6.45) is -0.310. The van der Waals surface area contributed by atoms with Gasteiger partial charge in [-0.2, -0.15) is 0 Å². The number of hydrogen-bond acceptors (Lipinski definition) is 7. The van der Waals surface area contributed by atoms with E-state index in [9.17, 15) is 19.5 Å². The van der Waals surface area contributed by atoms with Crippen LogP contribution in [0.25, 0.3) is 0 Å². The molecule has 3 aromatic carbocycles. The molecule has 0 radical (unpaired) electrons. The number of benzene rings is 3. The van der Waals surface area contributed by atoms with Crippen molar-refractivity contribution in [3.8, 4) is 0 Å². The molecule has 0 saturated carbocycles. The first-order valence-corrected chi connectivity index (χ1v) is 16.6. The largest absolute Gasteiger partial charge is 0.453 e. The summed E-state index contributed by atoms with van der Waals surface area (Å²) in [4.78, 5) is 40.3. The van der Waals surface area contributed by atoms with Crippen LogP contribution >= 0.6 is 15.9 Å². The third-order valence-corrected chi connectivity index (χ3v) is 9.22. The molecule has 0 fully saturated rings. The standard InChI is InChI=1S/C36H46BrN5O5/c1-35(2,3)31(40-34(46)47-5)32(44)41-42(23-25-15-17-27(37)18-16-25)20-19-36(38-4,22-24-11-7-6-8-12-24)33(45)39-30-28-14-10-9-13-26(28)21-29(30)43/h6-18,29-31,38,43H,19-23H2,1-5H3,(H,39,45)(H,40,46)(H,41,44)/t29-,30+,31-,36-/m1/s1. The zero-order valence-corrected chi connectivity index (χ0v) is 29.3. The van der Waals surface area contributed by atoms with Crippen molar-refractivity contribution in [2.24, 2.45) is 5.41 Å². The number of rotatable bonds is 13. The molecular formula is C36H46BrN5O5. The number of alkyl carbamates (subject to hydrolysis) is 1. The second-order valence-corrected chi connectivity index (χ2v) is 14.0. The molecule has 5 N–H and O–H groups in total. The number of hydrogen-bond donors (Lipinski definition) is 5. The van der Waals surface area contributed by atoms with E-state index in [1.165, 1.54) is 7.11 Å². The van der Waals surface area contributed by atoms with Gasteiger partial charge < -0.3 is 25.8 Å². The van der Waals surface area contributed by atoms with Crippen LogP contribution in [0.15, 0.2) is 83.3 Å². The van der Waals surface area contributed by atoms with Crippen molar-refractivity contribution in [3.05, 3.63) is 106 Å². The van der Waals surface area contributed by atoms with Gasteiger partial charge in [-0.1, -0.05) is 103 Å². The first kappa shape index (κ1) is 36.1. The van der Waals surface area contributed by atoms with Crippen molar-refractivity contribution in [2.75, 3.05) is 20.7 Å². The molecule has 1 aliphatic rings. The Morgan fingerprint density at radius 2 is 1.64 bits per heavy atom. The van der Waals surface area contributed by atoms with Gasteiger partial charge in [-0.25, -0.2) is 9.80 Å². The van der Waals surface area contributed by atoms with Crippen molar-refractivity contribution in [3.63, 3.8) is 0 Å². The van der Waals surface area contributed by atoms with Crippen molar-refractivity contribution in [2.45, 2.75) is 70.3 Å². The number of ether oxygens (including phenoxy) is 1. The Labute approximate surface area is 285 Å². The number of hydrazine groups is 1. The normalized spacial score (nSPS) is 17.7. The first-order chi connectivity index (χ1) is 22.3. The highest BCUT2D eigenvalue weighted by atomic mass is 79.9. The Kier molecular flexibility index (Phi) is 12.2. The first-order valence-electron chi connectivity index (χ1n) is 15.8. The van der Waals surface area contributed by atoms with Gasteiger partial charge in [0.1, 0.15) is 11.6 Å². The number of nitrogens with one attached hydrogen (secondary N) is 4. The van der Waals surface area contributed by atoms with E-state index in [4.69, 9.17) is 4.74 Å². The summed E-state index contributed by atoms with van der Waals surface area (Å²) in [5, 5.41) is 21.9. The number of aliphatic hydroxyl groups is 1. The number of amides is 3. The van der Waals surface area contributed by atoms with E-state index in [0.29, 0.717) is 25.8 Å². The van der Waals surface area contributed by atoms with E-state index in [2.05, 4.69) is 37.3 Å². The lowest BCUT2D eigenvalue weighted by atomic mass is 9.85. The van der Waals surface area contributed by atoms with Gasteiger partial charge in [-0.05, 0) is 59.7 Å². The molecule has 11 heteroatoms. The topological polar surface area (TPSA) is 132 Å². The molecule has 0 aliphatic heterocycles. The molecule has 3 amide bonds. The van der Waals surface area contributed by atoms with Gasteiger partial charge in [0.25, 0.3) is 5.91 Å². The summed E-state index contributed by atoms with van der Waals surface area (Å²) in [6.45, 7) is 6.20. The average molecular weight is 709 g/mol. The highest BCUT2D eigenvalue weighted by Crippen LogP contribution is 2.32. The Hall–Kier alpha value is -3.77. The second kappa shape index (κ2) is 15.9. The maximum atomic E-state index is 14.4. The van der Waals surface area contributed by atoms with Gasteiger partial charge in [0, 0.05) is 24.0 Å². The van der Waals surface area contributed by atoms with Gasteiger partial charge in [-0.15, -0.1) is 0 Å². The van der Waals surface area contributed by atoms with Crippen LogP contribution in [-0.4, -0.2) is 66.4 Å². The predicted octanol–water partition coefficient (Wildman–Crippen LogP) is 4.42. The lowest BCUT2D eigenvalue weighted by Gasteiger charge is -2.37. The van der Waals surface area contributed by atoms with Crippen LogP contribution in [0.5, 0.6) is 0 Å². The lowest BCUT2D eigenvalue weighted by Crippen LogP contribution is -2.61. The smallest absolute Gasteiger partial charge is 0.407 e. The van der Waals surface area contributed by atoms with Crippen molar-refractivity contribution >= 4 is 33.8 Å². The monoisotopic (exact) mass is 707 g/mol. The van der Waals surface area contributed by atoms with Gasteiger partial charge in [0.05, 0.1) is 19.3 Å². The van der Waals surface area contributed by atoms with E-state index in [-0.39, 0.29) is 12.5 Å². The molecule has 252 valence electrons. The number of halogens is 1. The lowest BCUT2D eigenvalue weighted by molar-refractivity contribution is -0.131. The number of aliphatic hydroxyl groups excluding tert-OH is 1. The van der Waals surface area contributed by atoms with E-state index >= 15 is 0 Å². The third-order valence-electron chi connectivity index (χ3n) is 8.69. The molecule has 1 aliphatic carbocycles. The fraction of sp³-hybridized carbons (Fsp3) is 0.417. The van der Waals surface area contributed by atoms with Crippen LogP contribution < -0.4 is 21.4 Å². The number of likely N-dealkylation sites (N-methyl/N-ethyl adjacent to an activating group) is 1. The summed E-state index contributed by atoms with van der Waals surface area (Å²) in [6, 6.07) is 23.9. The molecule has 0 saturated heterocycles. The summed E-state index contributed by atoms with van der Waals surface area (Å²) < 4.78 is 5.72. The minimum absolute atomic E-state index is 0.251. The fourth-order valence-corrected chi connectivity index (χ4v) is 6.23. The molecule has 4 rings (SSSR count). The summed E-state index contributed by atoms with van der Waals surface area (Å²) >= 11 is 3.48. The molecule has 47 heavy (non-hydrogen) atoms. The maximum Gasteiger partial charge on any atom is 0.407 e. The van der Waals surface area contributed by atoms with Crippen molar-refractivity contribution in [1.82, 2.24) is 26.4 Å². The number of carbonyl (C=O) groups excluding carboxylic acids is 3. The molecule has 10 nitrogen and oxygen atoms in total. The van der Waals surface area contributed by atoms with Crippen molar-refractivity contribution < 1.29 is 24.2 Å². The van der Waals surface area contributed by atoms with Crippen LogP contribution in [0.2, 0.25) is 0 Å². The summed E-state index contributed by atoms with van der Waals surface area (Å²) in [7, 11) is 3.01. The molecule has 0 aromatic heterocycles. The average Bonchev–Trinajstić information content (AvgIpc) is 3.36. The Balaban J connectivity index is 1.64. The summed E-state index contributed by atoms with van der Waals surface area (Å²) in [5.41, 5.74) is 5.12. The fourth-order valence-electron chi connectivity index (χ4n) is 5.96. The van der Waals surface area contributed by atoms with Crippen LogP contribution in [0, 0.1) is 5.41 Å². The maximum absolute atomic E-state index is 14.4. The van der Waals surface area contributed by atoms with Crippen LogP contribution in [0.4, 0.5) is 4.79 Å². The highest BCUT2D eigenvalue weighted by molar-refractivity contribution is 9.10. The van der Waals surface area contributed by atoms with Gasteiger partial charge in [0.2, 0.25) is 5.91 Å². The number of carbonyl (C=O) groups is 3. The zero-order chi connectivity index (χ0) is 34.2. The van der Waals surface area contributed by atoms with Crippen LogP contribution in [-0.2, 0) is 33.7 Å². The number of fused-ring (bicyclic) bond motifs is 1. The third kappa shape index (κ3) is 9.41. The Morgan fingerprint density at radius 1 is 0.979 bits per heavy atom. The molecular weight excluding hydrogens is 662 g/mol.